The number of ether oxygens (including phenoxy) is 1. The van der Waals surface area contributed by atoms with Gasteiger partial charge in [0.15, 0.2) is 5.96 Å². The Morgan fingerprint density at radius 3 is 2.68 bits per heavy atom. The zero-order valence-electron chi connectivity index (χ0n) is 15.5. The van der Waals surface area contributed by atoms with Crippen LogP contribution in [0.25, 0.3) is 0 Å². The van der Waals surface area contributed by atoms with Crippen molar-refractivity contribution in [3.8, 4) is 0 Å². The summed E-state index contributed by atoms with van der Waals surface area (Å²) in [4.78, 5) is 22.2. The smallest absolute Gasteiger partial charge is 0.410 e. The number of hydrogen-bond donors (Lipinski definition) is 2. The SMILES string of the molecule is CN=C(NCc1ncccc1C)NC1CN(C(=O)OC(C)(C)C)C1.I. The minimum atomic E-state index is -0.465. The molecule has 2 rings (SSSR count). The van der Waals surface area contributed by atoms with Gasteiger partial charge in [-0.3, -0.25) is 9.98 Å². The molecule has 0 aliphatic carbocycles. The van der Waals surface area contributed by atoms with Crippen molar-refractivity contribution in [2.45, 2.75) is 45.9 Å². The largest absolute Gasteiger partial charge is 0.444 e. The van der Waals surface area contributed by atoms with Gasteiger partial charge in [-0.25, -0.2) is 4.79 Å². The molecule has 1 amide bonds. The molecule has 25 heavy (non-hydrogen) atoms. The number of amides is 1. The minimum absolute atomic E-state index is 0. The van der Waals surface area contributed by atoms with Gasteiger partial charge in [0.25, 0.3) is 0 Å². The molecule has 0 saturated carbocycles. The normalized spacial score (nSPS) is 15.1. The lowest BCUT2D eigenvalue weighted by molar-refractivity contribution is 0.00701. The fourth-order valence-electron chi connectivity index (χ4n) is 2.30. The Kier molecular flexibility index (Phi) is 7.91. The van der Waals surface area contributed by atoms with Crippen molar-refractivity contribution in [3.05, 3.63) is 29.6 Å². The van der Waals surface area contributed by atoms with Crippen LogP contribution in [0.3, 0.4) is 0 Å². The molecule has 1 aromatic rings. The summed E-state index contributed by atoms with van der Waals surface area (Å²) in [5.74, 6) is 0.703. The monoisotopic (exact) mass is 461 g/mol. The number of carbonyl (C=O) groups excluding carboxylic acids is 1. The van der Waals surface area contributed by atoms with Crippen LogP contribution in [-0.2, 0) is 11.3 Å². The lowest BCUT2D eigenvalue weighted by Crippen LogP contribution is -2.63. The zero-order chi connectivity index (χ0) is 17.7. The minimum Gasteiger partial charge on any atom is -0.444 e. The molecule has 140 valence electrons. The van der Waals surface area contributed by atoms with Crippen LogP contribution in [-0.4, -0.2) is 53.7 Å². The molecule has 0 spiro atoms. The topological polar surface area (TPSA) is 78.9 Å². The van der Waals surface area contributed by atoms with Crippen LogP contribution in [0.2, 0.25) is 0 Å². The molecule has 0 bridgehead atoms. The number of aliphatic imine (C=N–C) groups is 1. The number of rotatable bonds is 3. The predicted octanol–water partition coefficient (Wildman–Crippen LogP) is 2.29. The van der Waals surface area contributed by atoms with Crippen LogP contribution < -0.4 is 10.6 Å². The molecule has 1 aliphatic heterocycles. The van der Waals surface area contributed by atoms with E-state index < -0.39 is 5.60 Å². The highest BCUT2D eigenvalue weighted by Gasteiger charge is 2.34. The summed E-state index contributed by atoms with van der Waals surface area (Å²) in [5.41, 5.74) is 1.66. The maximum absolute atomic E-state index is 11.9. The zero-order valence-corrected chi connectivity index (χ0v) is 17.8. The van der Waals surface area contributed by atoms with Gasteiger partial charge in [0.2, 0.25) is 0 Å². The number of nitrogens with one attached hydrogen (secondary N) is 2. The molecule has 7 nitrogen and oxygen atoms in total. The second-order valence-corrected chi connectivity index (χ2v) is 6.92. The van der Waals surface area contributed by atoms with E-state index in [1.54, 1.807) is 18.1 Å². The van der Waals surface area contributed by atoms with Crippen LogP contribution >= 0.6 is 24.0 Å². The summed E-state index contributed by atoms with van der Waals surface area (Å²) < 4.78 is 5.34. The van der Waals surface area contributed by atoms with Gasteiger partial charge in [-0.05, 0) is 39.3 Å². The Labute approximate surface area is 166 Å². The first-order valence-corrected chi connectivity index (χ1v) is 8.14. The van der Waals surface area contributed by atoms with E-state index in [0.29, 0.717) is 25.6 Å². The third kappa shape index (κ3) is 6.68. The maximum Gasteiger partial charge on any atom is 0.410 e. The highest BCUT2D eigenvalue weighted by atomic mass is 127. The summed E-state index contributed by atoms with van der Waals surface area (Å²) in [7, 11) is 1.73. The Balaban J connectivity index is 0.00000312. The van der Waals surface area contributed by atoms with Crippen molar-refractivity contribution in [1.29, 1.82) is 0 Å². The van der Waals surface area contributed by atoms with Gasteiger partial charge < -0.3 is 20.3 Å². The molecule has 0 unspecified atom stereocenters. The first-order chi connectivity index (χ1) is 11.3. The van der Waals surface area contributed by atoms with Crippen LogP contribution in [0, 0.1) is 6.92 Å². The van der Waals surface area contributed by atoms with Crippen LogP contribution in [0.5, 0.6) is 0 Å². The summed E-state index contributed by atoms with van der Waals surface area (Å²) in [6, 6.07) is 4.13. The number of guanidine groups is 1. The lowest BCUT2D eigenvalue weighted by Gasteiger charge is -2.40. The molecular weight excluding hydrogens is 433 g/mol. The van der Waals surface area contributed by atoms with Gasteiger partial charge in [0.05, 0.1) is 18.3 Å². The Hall–Kier alpha value is -1.58. The molecule has 1 aromatic heterocycles. The Morgan fingerprint density at radius 1 is 1.44 bits per heavy atom. The molecule has 0 aromatic carbocycles. The van der Waals surface area contributed by atoms with Crippen LogP contribution in [0.1, 0.15) is 32.0 Å². The standard InChI is InChI=1S/C17H27N5O2.HI/c1-12-7-6-8-19-14(12)9-20-15(18-5)21-13-10-22(11-13)16(23)24-17(2,3)4;/h6-8,13H,9-11H2,1-5H3,(H2,18,20,21);1H. The van der Waals surface area contributed by atoms with Crippen molar-refractivity contribution in [1.82, 2.24) is 20.5 Å². The van der Waals surface area contributed by atoms with Crippen molar-refractivity contribution >= 4 is 36.0 Å². The van der Waals surface area contributed by atoms with Gasteiger partial charge >= 0.3 is 6.09 Å². The predicted molar refractivity (Wildman–Crippen MR) is 109 cm³/mol. The second kappa shape index (κ2) is 9.21. The molecule has 1 saturated heterocycles. The van der Waals surface area contributed by atoms with E-state index in [4.69, 9.17) is 4.74 Å². The molecule has 2 N–H and O–H groups in total. The fraction of sp³-hybridized carbons (Fsp3) is 0.588. The average Bonchev–Trinajstić information content (AvgIpc) is 2.45. The number of aryl methyl sites for hydroxylation is 1. The van der Waals surface area contributed by atoms with Crippen molar-refractivity contribution in [2.75, 3.05) is 20.1 Å². The third-order valence-corrected chi connectivity index (χ3v) is 3.64. The molecule has 1 fully saturated rings. The van der Waals surface area contributed by atoms with Crippen LogP contribution in [0.15, 0.2) is 23.3 Å². The molecule has 2 heterocycles. The van der Waals surface area contributed by atoms with E-state index in [1.807, 2.05) is 39.8 Å². The lowest BCUT2D eigenvalue weighted by atomic mass is 10.1. The highest BCUT2D eigenvalue weighted by molar-refractivity contribution is 14.0. The van der Waals surface area contributed by atoms with Crippen molar-refractivity contribution in [3.63, 3.8) is 0 Å². The molecule has 1 aliphatic rings. The quantitative estimate of drug-likeness (QED) is 0.411. The van der Waals surface area contributed by atoms with E-state index in [0.717, 1.165) is 11.3 Å². The number of likely N-dealkylation sites (tertiary alicyclic amines) is 1. The second-order valence-electron chi connectivity index (χ2n) is 6.92. The number of hydrogen-bond acceptors (Lipinski definition) is 4. The summed E-state index contributed by atoms with van der Waals surface area (Å²) in [6.07, 6.45) is 1.51. The third-order valence-electron chi connectivity index (χ3n) is 3.64. The number of nitrogens with zero attached hydrogens (tertiary/aromatic N) is 3. The number of pyridine rings is 1. The molecule has 8 heteroatoms. The van der Waals surface area contributed by atoms with E-state index in [-0.39, 0.29) is 36.1 Å². The number of carbonyl (C=O) groups is 1. The maximum atomic E-state index is 11.9. The van der Waals surface area contributed by atoms with Gasteiger partial charge in [0.1, 0.15) is 5.60 Å². The Morgan fingerprint density at radius 2 is 2.12 bits per heavy atom. The molecule has 0 atom stereocenters. The van der Waals surface area contributed by atoms with Gasteiger partial charge in [-0.15, -0.1) is 24.0 Å². The van der Waals surface area contributed by atoms with Crippen molar-refractivity contribution < 1.29 is 9.53 Å². The average molecular weight is 461 g/mol. The van der Waals surface area contributed by atoms with E-state index >= 15 is 0 Å². The van der Waals surface area contributed by atoms with Crippen LogP contribution in [0.4, 0.5) is 4.79 Å². The van der Waals surface area contributed by atoms with Crippen molar-refractivity contribution in [2.24, 2.45) is 4.99 Å². The fourth-order valence-corrected chi connectivity index (χ4v) is 2.30. The molecule has 0 radical (unpaired) electrons. The summed E-state index contributed by atoms with van der Waals surface area (Å²) in [5, 5.41) is 6.55. The summed E-state index contributed by atoms with van der Waals surface area (Å²) in [6.45, 7) is 9.46. The number of halogens is 1. The highest BCUT2D eigenvalue weighted by Crippen LogP contribution is 2.15. The number of aromatic nitrogens is 1. The van der Waals surface area contributed by atoms with E-state index in [1.165, 1.54) is 0 Å². The van der Waals surface area contributed by atoms with Gasteiger partial charge in [-0.2, -0.15) is 0 Å². The first-order valence-electron chi connectivity index (χ1n) is 8.14. The van der Waals surface area contributed by atoms with E-state index in [9.17, 15) is 4.79 Å². The first kappa shape index (κ1) is 21.5. The van der Waals surface area contributed by atoms with Gasteiger partial charge in [0, 0.05) is 26.3 Å². The van der Waals surface area contributed by atoms with E-state index in [2.05, 4.69) is 20.6 Å². The summed E-state index contributed by atoms with van der Waals surface area (Å²) >= 11 is 0. The molecular formula is C17H28IN5O2. The Bertz CT molecular complexity index is 609. The van der Waals surface area contributed by atoms with Gasteiger partial charge in [-0.1, -0.05) is 6.07 Å².